The molecule has 1 aliphatic carbocycles. The minimum atomic E-state index is -0.229. The molecule has 0 saturated heterocycles. The maximum atomic E-state index is 2.48. The molecule has 0 fully saturated rings. The molecule has 0 heteroatoms. The second-order valence-corrected chi connectivity index (χ2v) is 25.1. The number of benzene rings is 17. The van der Waals surface area contributed by atoms with Gasteiger partial charge in [-0.1, -0.05) is 281 Å². The van der Waals surface area contributed by atoms with Crippen LogP contribution in [0.5, 0.6) is 0 Å². The van der Waals surface area contributed by atoms with E-state index in [1.165, 1.54) is 186 Å². The highest BCUT2D eigenvalue weighted by molar-refractivity contribution is 6.24. The van der Waals surface area contributed by atoms with E-state index in [2.05, 4.69) is 329 Å². The summed E-state index contributed by atoms with van der Waals surface area (Å²) in [6, 6.07) is 119. The highest BCUT2D eigenvalue weighted by Crippen LogP contribution is 2.53. The molecule has 89 heavy (non-hydrogen) atoms. The molecule has 1 aliphatic rings. The number of fused-ring (bicyclic) bond motifs is 11. The van der Waals surface area contributed by atoms with Gasteiger partial charge in [-0.2, -0.15) is 0 Å². The zero-order valence-electron chi connectivity index (χ0n) is 49.5. The summed E-state index contributed by atoms with van der Waals surface area (Å²) in [4.78, 5) is 0. The van der Waals surface area contributed by atoms with Crippen LogP contribution in [0.1, 0.15) is 25.0 Å². The molecule has 17 aromatic rings. The molecule has 0 N–H and O–H groups in total. The van der Waals surface area contributed by atoms with Crippen LogP contribution in [-0.2, 0) is 5.41 Å². The zero-order chi connectivity index (χ0) is 58.9. The molecular formula is C89H58. The van der Waals surface area contributed by atoms with Gasteiger partial charge in [-0.25, -0.2) is 0 Å². The van der Waals surface area contributed by atoms with Gasteiger partial charge < -0.3 is 0 Å². The van der Waals surface area contributed by atoms with Crippen molar-refractivity contribution >= 4 is 86.2 Å². The Morgan fingerprint density at radius 1 is 0.169 bits per heavy atom. The summed E-state index contributed by atoms with van der Waals surface area (Å²) in [5.41, 5.74) is 22.4. The maximum Gasteiger partial charge on any atom is 0.0159 e. The van der Waals surface area contributed by atoms with Crippen molar-refractivity contribution in [3.63, 3.8) is 0 Å². The molecule has 0 unspecified atom stereocenters. The van der Waals surface area contributed by atoms with Gasteiger partial charge in [0.25, 0.3) is 0 Å². The van der Waals surface area contributed by atoms with Gasteiger partial charge in [0.15, 0.2) is 0 Å². The quantitative estimate of drug-likeness (QED) is 0.140. The Labute approximate surface area is 517 Å². The first kappa shape index (κ1) is 51.1. The van der Waals surface area contributed by atoms with E-state index in [1.54, 1.807) is 0 Å². The summed E-state index contributed by atoms with van der Waals surface area (Å²) in [5.74, 6) is 0. The average Bonchev–Trinajstić information content (AvgIpc) is 1.80. The first-order valence-corrected chi connectivity index (χ1v) is 31.2. The summed E-state index contributed by atoms with van der Waals surface area (Å²) in [6.45, 7) is 4.82. The van der Waals surface area contributed by atoms with Crippen molar-refractivity contribution in [1.29, 1.82) is 0 Å². The Morgan fingerprint density at radius 2 is 0.404 bits per heavy atom. The van der Waals surface area contributed by atoms with Crippen LogP contribution in [0.2, 0.25) is 0 Å². The number of hydrogen-bond donors (Lipinski definition) is 0. The van der Waals surface area contributed by atoms with Crippen LogP contribution < -0.4 is 0 Å². The molecule has 17 aromatic carbocycles. The average molecular weight is 1130 g/mol. The molecule has 0 nitrogen and oxygen atoms in total. The van der Waals surface area contributed by atoms with Gasteiger partial charge in [0.2, 0.25) is 0 Å². The molecule has 0 atom stereocenters. The lowest BCUT2D eigenvalue weighted by atomic mass is 9.80. The Bertz CT molecular complexity index is 5820. The molecule has 414 valence electrons. The Hall–Kier alpha value is -11.2. The van der Waals surface area contributed by atoms with E-state index in [-0.39, 0.29) is 5.41 Å². The van der Waals surface area contributed by atoms with Crippen LogP contribution in [0.3, 0.4) is 0 Å². The van der Waals surface area contributed by atoms with Crippen molar-refractivity contribution in [2.75, 3.05) is 0 Å². The highest BCUT2D eigenvalue weighted by Gasteiger charge is 2.36. The first-order chi connectivity index (χ1) is 43.8. The molecule has 0 spiro atoms. The van der Waals surface area contributed by atoms with Gasteiger partial charge in [0.05, 0.1) is 0 Å². The smallest absolute Gasteiger partial charge is 0.0159 e. The van der Waals surface area contributed by atoms with E-state index >= 15 is 0 Å². The van der Waals surface area contributed by atoms with Crippen LogP contribution >= 0.6 is 0 Å². The van der Waals surface area contributed by atoms with Gasteiger partial charge >= 0.3 is 0 Å². The third kappa shape index (κ3) is 8.21. The third-order valence-electron chi connectivity index (χ3n) is 19.8. The van der Waals surface area contributed by atoms with Crippen LogP contribution in [0, 0.1) is 0 Å². The van der Waals surface area contributed by atoms with Gasteiger partial charge in [-0.3, -0.25) is 0 Å². The standard InChI is InChI=1S/C89H58/c1-89(2)83-53-67(60-29-27-59(28-30-60)65-41-45-79-81(51-65)87(71-37-33-57-17-5-9-21-63(57)49-71)77-25-13-11-23-75(77)85(79)69-35-31-55-15-3-7-19-61(55)47-69)39-43-73(83)74-44-40-68(54-84(74)89)66-42-46-80-82(52-66)88(72-38-34-58-18-6-10-22-64(58)50-72)78-26-14-12-24-76(78)86(80)70-36-32-56-16-4-8-20-62(56)48-70/h3-54H,1-2H3. The van der Waals surface area contributed by atoms with Crippen LogP contribution in [0.4, 0.5) is 0 Å². The van der Waals surface area contributed by atoms with Crippen molar-refractivity contribution in [1.82, 2.24) is 0 Å². The van der Waals surface area contributed by atoms with Crippen LogP contribution in [0.25, 0.3) is 175 Å². The van der Waals surface area contributed by atoms with Crippen molar-refractivity contribution in [2.45, 2.75) is 19.3 Å². The molecule has 0 saturated carbocycles. The second kappa shape index (κ2) is 19.9. The lowest BCUT2D eigenvalue weighted by Crippen LogP contribution is -2.15. The van der Waals surface area contributed by atoms with Crippen molar-refractivity contribution in [3.05, 3.63) is 327 Å². The van der Waals surface area contributed by atoms with E-state index < -0.39 is 0 Å². The largest absolute Gasteiger partial charge is 0.0616 e. The Kier molecular flexibility index (Phi) is 11.4. The molecule has 0 radical (unpaired) electrons. The van der Waals surface area contributed by atoms with Gasteiger partial charge in [-0.15, -0.1) is 0 Å². The predicted octanol–water partition coefficient (Wildman–Crippen LogP) is 24.9. The van der Waals surface area contributed by atoms with E-state index in [1.807, 2.05) is 0 Å². The summed E-state index contributed by atoms with van der Waals surface area (Å²) in [6.07, 6.45) is 0. The van der Waals surface area contributed by atoms with Crippen molar-refractivity contribution < 1.29 is 0 Å². The van der Waals surface area contributed by atoms with E-state index in [9.17, 15) is 0 Å². The minimum Gasteiger partial charge on any atom is -0.0616 e. The molecule has 0 aromatic heterocycles. The van der Waals surface area contributed by atoms with E-state index in [4.69, 9.17) is 0 Å². The fourth-order valence-corrected chi connectivity index (χ4v) is 15.3. The van der Waals surface area contributed by atoms with Crippen molar-refractivity contribution in [3.8, 4) is 89.0 Å². The molecule has 0 bridgehead atoms. The number of rotatable bonds is 7. The molecule has 0 heterocycles. The number of hydrogen-bond acceptors (Lipinski definition) is 0. The highest BCUT2D eigenvalue weighted by atomic mass is 14.4. The third-order valence-corrected chi connectivity index (χ3v) is 19.8. The van der Waals surface area contributed by atoms with E-state index in [0.717, 1.165) is 0 Å². The monoisotopic (exact) mass is 1130 g/mol. The maximum absolute atomic E-state index is 2.48. The second-order valence-electron chi connectivity index (χ2n) is 25.1. The summed E-state index contributed by atoms with van der Waals surface area (Å²) < 4.78 is 0. The summed E-state index contributed by atoms with van der Waals surface area (Å²) in [5, 5.41) is 20.0. The van der Waals surface area contributed by atoms with Gasteiger partial charge in [0.1, 0.15) is 0 Å². The lowest BCUT2D eigenvalue weighted by molar-refractivity contribution is 0.661. The fourth-order valence-electron chi connectivity index (χ4n) is 15.3. The van der Waals surface area contributed by atoms with Crippen molar-refractivity contribution in [2.24, 2.45) is 0 Å². The van der Waals surface area contributed by atoms with Crippen LogP contribution in [-0.4, -0.2) is 0 Å². The predicted molar refractivity (Wildman–Crippen MR) is 382 cm³/mol. The van der Waals surface area contributed by atoms with Gasteiger partial charge in [0, 0.05) is 5.41 Å². The first-order valence-electron chi connectivity index (χ1n) is 31.2. The van der Waals surface area contributed by atoms with Crippen LogP contribution in [0.15, 0.2) is 315 Å². The summed E-state index contributed by atoms with van der Waals surface area (Å²) in [7, 11) is 0. The normalized spacial score (nSPS) is 12.7. The lowest BCUT2D eigenvalue weighted by Gasteiger charge is -2.23. The molecule has 18 rings (SSSR count). The Morgan fingerprint density at radius 3 is 0.753 bits per heavy atom. The fraction of sp³-hybridized carbons (Fsp3) is 0.0337. The molecule has 0 amide bonds. The molecule has 0 aliphatic heterocycles. The topological polar surface area (TPSA) is 0 Å². The SMILES string of the molecule is CC1(C)c2cc(-c3ccc(-c4ccc5c(-c6ccc7ccccc7c6)c6ccccc6c(-c6ccc7ccccc7c6)c5c4)cc3)ccc2-c2ccc(-c3ccc4c(-c5ccc6ccccc6c5)c5ccccc5c(-c5ccc6ccccc6c5)c4c3)cc21. The van der Waals surface area contributed by atoms with E-state index in [0.29, 0.717) is 0 Å². The summed E-state index contributed by atoms with van der Waals surface area (Å²) >= 11 is 0. The zero-order valence-corrected chi connectivity index (χ0v) is 49.5. The Balaban J connectivity index is 0.720. The molecular weight excluding hydrogens is 1070 g/mol. The van der Waals surface area contributed by atoms with Gasteiger partial charge in [-0.05, 0) is 235 Å². The minimum absolute atomic E-state index is 0.229.